The summed E-state index contributed by atoms with van der Waals surface area (Å²) < 4.78 is 8.99. The van der Waals surface area contributed by atoms with Crippen LogP contribution in [0.2, 0.25) is 0 Å². The zero-order chi connectivity index (χ0) is 10.4. The van der Waals surface area contributed by atoms with Gasteiger partial charge in [0.15, 0.2) is 0 Å². The first-order chi connectivity index (χ1) is 7.25. The minimum absolute atomic E-state index is 0.610. The van der Waals surface area contributed by atoms with E-state index in [4.69, 9.17) is 4.74 Å². The van der Waals surface area contributed by atoms with Gasteiger partial charge in [0, 0.05) is 3.57 Å². The van der Waals surface area contributed by atoms with Crippen molar-refractivity contribution in [2.45, 2.75) is 13.5 Å². The molecule has 2 heterocycles. The van der Waals surface area contributed by atoms with Crippen LogP contribution in [0.15, 0.2) is 24.5 Å². The molecule has 0 bridgehead atoms. The molecule has 0 atom stereocenters. The van der Waals surface area contributed by atoms with Gasteiger partial charge in [0.05, 0.1) is 23.4 Å². The molecule has 1 aromatic carbocycles. The molecule has 3 rings (SSSR count). The predicted molar refractivity (Wildman–Crippen MR) is 65.4 cm³/mol. The molecule has 1 aliphatic heterocycles. The smallest absolute Gasteiger partial charge is 0.144 e. The monoisotopic (exact) mass is 312 g/mol. The summed E-state index contributed by atoms with van der Waals surface area (Å²) in [5, 5.41) is 0. The van der Waals surface area contributed by atoms with Crippen LogP contribution in [0.4, 0.5) is 0 Å². The van der Waals surface area contributed by atoms with Crippen molar-refractivity contribution in [3.63, 3.8) is 0 Å². The molecule has 1 aliphatic rings. The summed E-state index contributed by atoms with van der Waals surface area (Å²) in [5.74, 6) is 0.937. The zero-order valence-electron chi connectivity index (χ0n) is 8.20. The molecule has 0 aliphatic carbocycles. The van der Waals surface area contributed by atoms with E-state index >= 15 is 0 Å². The van der Waals surface area contributed by atoms with Crippen LogP contribution in [-0.4, -0.2) is 9.55 Å². The van der Waals surface area contributed by atoms with E-state index in [1.54, 1.807) is 0 Å². The molecule has 2 aromatic rings. The fourth-order valence-electron chi connectivity index (χ4n) is 1.79. The second-order valence-corrected chi connectivity index (χ2v) is 4.79. The standard InChI is InChI=1S/C11H9IN2O/c1-7-10-5-15-11-4-8(12)2-3-9(11)14(10)6-13-7/h2-4,6H,5H2,1H3. The Morgan fingerprint density at radius 2 is 2.33 bits per heavy atom. The van der Waals surface area contributed by atoms with Gasteiger partial charge in [-0.2, -0.15) is 0 Å². The van der Waals surface area contributed by atoms with Crippen molar-refractivity contribution in [3.05, 3.63) is 39.5 Å². The molecule has 15 heavy (non-hydrogen) atoms. The second-order valence-electron chi connectivity index (χ2n) is 3.55. The Bertz CT molecular complexity index is 533. The van der Waals surface area contributed by atoms with Gasteiger partial charge >= 0.3 is 0 Å². The van der Waals surface area contributed by atoms with E-state index in [2.05, 4.69) is 44.3 Å². The van der Waals surface area contributed by atoms with Crippen molar-refractivity contribution in [1.29, 1.82) is 0 Å². The first-order valence-electron chi connectivity index (χ1n) is 4.71. The zero-order valence-corrected chi connectivity index (χ0v) is 10.4. The summed E-state index contributed by atoms with van der Waals surface area (Å²) >= 11 is 2.29. The first-order valence-corrected chi connectivity index (χ1v) is 5.79. The van der Waals surface area contributed by atoms with Crippen LogP contribution in [0, 0.1) is 10.5 Å². The molecule has 1 aromatic heterocycles. The molecule has 0 unspecified atom stereocenters. The molecular formula is C11H9IN2O. The summed E-state index contributed by atoms with van der Waals surface area (Å²) in [6.45, 7) is 2.62. The summed E-state index contributed by atoms with van der Waals surface area (Å²) in [6, 6.07) is 6.20. The van der Waals surface area contributed by atoms with Gasteiger partial charge in [-0.1, -0.05) is 0 Å². The number of rotatable bonds is 0. The van der Waals surface area contributed by atoms with Crippen LogP contribution in [0.1, 0.15) is 11.4 Å². The Balaban J connectivity index is 2.26. The van der Waals surface area contributed by atoms with Crippen LogP contribution < -0.4 is 4.74 Å². The Hall–Kier alpha value is -1.04. The molecule has 0 saturated heterocycles. The number of ether oxygens (including phenoxy) is 1. The van der Waals surface area contributed by atoms with Gasteiger partial charge in [-0.15, -0.1) is 0 Å². The first kappa shape index (κ1) is 9.21. The van der Waals surface area contributed by atoms with Gasteiger partial charge < -0.3 is 4.74 Å². The molecule has 0 spiro atoms. The highest BCUT2D eigenvalue weighted by Crippen LogP contribution is 2.31. The maximum absolute atomic E-state index is 5.70. The highest BCUT2D eigenvalue weighted by molar-refractivity contribution is 14.1. The molecule has 4 heteroatoms. The molecule has 0 N–H and O–H groups in total. The van der Waals surface area contributed by atoms with Crippen LogP contribution in [0.3, 0.4) is 0 Å². The van der Waals surface area contributed by atoms with E-state index in [9.17, 15) is 0 Å². The van der Waals surface area contributed by atoms with E-state index in [1.165, 1.54) is 3.57 Å². The van der Waals surface area contributed by atoms with Crippen molar-refractivity contribution in [2.75, 3.05) is 0 Å². The SMILES string of the molecule is Cc1ncn2c1COc1cc(I)ccc1-2. The highest BCUT2D eigenvalue weighted by Gasteiger charge is 2.18. The van der Waals surface area contributed by atoms with Gasteiger partial charge in [0.1, 0.15) is 12.4 Å². The minimum atomic E-state index is 0.610. The molecule has 0 radical (unpaired) electrons. The Morgan fingerprint density at radius 3 is 3.20 bits per heavy atom. The Morgan fingerprint density at radius 1 is 1.47 bits per heavy atom. The normalized spacial score (nSPS) is 12.9. The third-order valence-corrected chi connectivity index (χ3v) is 3.29. The molecule has 3 nitrogen and oxygen atoms in total. The van der Waals surface area contributed by atoms with Crippen LogP contribution >= 0.6 is 22.6 Å². The lowest BCUT2D eigenvalue weighted by Gasteiger charge is -2.20. The largest absolute Gasteiger partial charge is 0.485 e. The number of aromatic nitrogens is 2. The maximum atomic E-state index is 5.70. The lowest BCUT2D eigenvalue weighted by atomic mass is 10.2. The number of aryl methyl sites for hydroxylation is 1. The van der Waals surface area contributed by atoms with Gasteiger partial charge in [0.25, 0.3) is 0 Å². The van der Waals surface area contributed by atoms with E-state index in [0.29, 0.717) is 6.61 Å². The maximum Gasteiger partial charge on any atom is 0.144 e. The Kier molecular flexibility index (Phi) is 1.98. The summed E-state index contributed by atoms with van der Waals surface area (Å²) in [5.41, 5.74) is 3.26. The van der Waals surface area contributed by atoms with Crippen LogP contribution in [-0.2, 0) is 6.61 Å². The van der Waals surface area contributed by atoms with Crippen molar-refractivity contribution in [2.24, 2.45) is 0 Å². The second kappa shape index (κ2) is 3.23. The molecule has 0 fully saturated rings. The molecule has 0 amide bonds. The third-order valence-electron chi connectivity index (χ3n) is 2.62. The van der Waals surface area contributed by atoms with Crippen molar-refractivity contribution >= 4 is 22.6 Å². The number of halogens is 1. The average Bonchev–Trinajstić information content (AvgIpc) is 2.60. The minimum Gasteiger partial charge on any atom is -0.485 e. The number of hydrogen-bond donors (Lipinski definition) is 0. The van der Waals surface area contributed by atoms with Crippen molar-refractivity contribution in [1.82, 2.24) is 9.55 Å². The fraction of sp³-hybridized carbons (Fsp3) is 0.182. The van der Waals surface area contributed by atoms with Gasteiger partial charge in [0.2, 0.25) is 0 Å². The van der Waals surface area contributed by atoms with Gasteiger partial charge in [-0.3, -0.25) is 4.57 Å². The van der Waals surface area contributed by atoms with Gasteiger partial charge in [-0.25, -0.2) is 4.98 Å². The molecule has 0 saturated carbocycles. The lowest BCUT2D eigenvalue weighted by Crippen LogP contribution is -2.12. The van der Waals surface area contributed by atoms with E-state index < -0.39 is 0 Å². The summed E-state index contributed by atoms with van der Waals surface area (Å²) in [6.07, 6.45) is 1.86. The van der Waals surface area contributed by atoms with E-state index in [1.807, 2.05) is 19.3 Å². The summed E-state index contributed by atoms with van der Waals surface area (Å²) in [4.78, 5) is 4.30. The van der Waals surface area contributed by atoms with Crippen molar-refractivity contribution in [3.8, 4) is 11.4 Å². The number of hydrogen-bond acceptors (Lipinski definition) is 2. The van der Waals surface area contributed by atoms with Crippen LogP contribution in [0.25, 0.3) is 5.69 Å². The predicted octanol–water partition coefficient (Wildman–Crippen LogP) is 2.68. The fourth-order valence-corrected chi connectivity index (χ4v) is 2.26. The topological polar surface area (TPSA) is 27.1 Å². The number of fused-ring (bicyclic) bond motifs is 3. The number of nitrogens with zero attached hydrogens (tertiary/aromatic N) is 2. The van der Waals surface area contributed by atoms with Crippen molar-refractivity contribution < 1.29 is 4.74 Å². The lowest BCUT2D eigenvalue weighted by molar-refractivity contribution is 0.284. The number of imidazole rings is 1. The number of benzene rings is 1. The molecule has 76 valence electrons. The quantitative estimate of drug-likeness (QED) is 0.699. The Labute approximate surface area is 101 Å². The third kappa shape index (κ3) is 1.35. The van der Waals surface area contributed by atoms with Gasteiger partial charge in [-0.05, 0) is 47.7 Å². The van der Waals surface area contributed by atoms with E-state index in [-0.39, 0.29) is 0 Å². The van der Waals surface area contributed by atoms with Crippen LogP contribution in [0.5, 0.6) is 5.75 Å². The van der Waals surface area contributed by atoms with E-state index in [0.717, 1.165) is 22.8 Å². The average molecular weight is 312 g/mol. The summed E-state index contributed by atoms with van der Waals surface area (Å²) in [7, 11) is 0. The molecular weight excluding hydrogens is 303 g/mol. The highest BCUT2D eigenvalue weighted by atomic mass is 127.